The molecular formula is C16H12BrF3O3. The summed E-state index contributed by atoms with van der Waals surface area (Å²) in [5, 5.41) is 0. The standard InChI is InChI=1S/C16H12BrF3O3/c1-22-15(21)8-10-3-2-4-12(7-10)23-14-6-5-11(17)9-13(14)16(18,19)20/h2-7,9H,8H2,1H3. The first-order chi connectivity index (χ1) is 10.8. The smallest absolute Gasteiger partial charge is 0.420 e. The number of carbonyl (C=O) groups is 1. The van der Waals surface area contributed by atoms with Gasteiger partial charge in [-0.3, -0.25) is 4.79 Å². The van der Waals surface area contributed by atoms with E-state index in [1.807, 2.05) is 0 Å². The van der Waals surface area contributed by atoms with Crippen molar-refractivity contribution in [3.05, 3.63) is 58.1 Å². The predicted octanol–water partition coefficient (Wildman–Crippen LogP) is 4.98. The van der Waals surface area contributed by atoms with Crippen molar-refractivity contribution in [3.63, 3.8) is 0 Å². The molecule has 0 amide bonds. The Bertz CT molecular complexity index is 714. The van der Waals surface area contributed by atoms with Crippen LogP contribution in [0.5, 0.6) is 11.5 Å². The SMILES string of the molecule is COC(=O)Cc1cccc(Oc2ccc(Br)cc2C(F)(F)F)c1. The molecule has 0 bridgehead atoms. The molecule has 0 radical (unpaired) electrons. The van der Waals surface area contributed by atoms with Crippen LogP contribution in [0.2, 0.25) is 0 Å². The summed E-state index contributed by atoms with van der Waals surface area (Å²) >= 11 is 3.01. The summed E-state index contributed by atoms with van der Waals surface area (Å²) < 4.78 is 49.4. The molecule has 7 heteroatoms. The molecule has 23 heavy (non-hydrogen) atoms. The molecule has 0 saturated heterocycles. The summed E-state index contributed by atoms with van der Waals surface area (Å²) in [6, 6.07) is 9.92. The maximum atomic E-state index is 13.1. The number of methoxy groups -OCH3 is 1. The third kappa shape index (κ3) is 4.72. The summed E-state index contributed by atoms with van der Waals surface area (Å²) in [4.78, 5) is 11.3. The molecule has 0 unspecified atom stereocenters. The highest BCUT2D eigenvalue weighted by atomic mass is 79.9. The van der Waals surface area contributed by atoms with E-state index >= 15 is 0 Å². The lowest BCUT2D eigenvalue weighted by molar-refractivity contribution is -0.140. The van der Waals surface area contributed by atoms with Crippen LogP contribution >= 0.6 is 15.9 Å². The number of ether oxygens (including phenoxy) is 2. The quantitative estimate of drug-likeness (QED) is 0.693. The van der Waals surface area contributed by atoms with E-state index in [-0.39, 0.29) is 17.9 Å². The topological polar surface area (TPSA) is 35.5 Å². The van der Waals surface area contributed by atoms with E-state index in [0.717, 1.165) is 6.07 Å². The van der Waals surface area contributed by atoms with Gasteiger partial charge in [-0.05, 0) is 35.9 Å². The minimum Gasteiger partial charge on any atom is -0.469 e. The zero-order valence-electron chi connectivity index (χ0n) is 12.0. The van der Waals surface area contributed by atoms with Crippen molar-refractivity contribution in [1.29, 1.82) is 0 Å². The highest BCUT2D eigenvalue weighted by molar-refractivity contribution is 9.10. The fraction of sp³-hybridized carbons (Fsp3) is 0.188. The number of hydrogen-bond acceptors (Lipinski definition) is 3. The molecule has 2 aromatic rings. The first-order valence-corrected chi connectivity index (χ1v) is 7.29. The first kappa shape index (κ1) is 17.3. The monoisotopic (exact) mass is 388 g/mol. The number of rotatable bonds is 4. The van der Waals surface area contributed by atoms with Crippen molar-refractivity contribution in [2.45, 2.75) is 12.6 Å². The van der Waals surface area contributed by atoms with Crippen molar-refractivity contribution in [3.8, 4) is 11.5 Å². The zero-order valence-corrected chi connectivity index (χ0v) is 13.6. The Kier molecular flexibility index (Phi) is 5.30. The third-order valence-corrected chi connectivity index (χ3v) is 3.44. The van der Waals surface area contributed by atoms with Crippen LogP contribution < -0.4 is 4.74 Å². The largest absolute Gasteiger partial charge is 0.469 e. The molecule has 0 aliphatic rings. The third-order valence-electron chi connectivity index (χ3n) is 2.95. The Hall–Kier alpha value is -2.02. The van der Waals surface area contributed by atoms with E-state index < -0.39 is 17.7 Å². The lowest BCUT2D eigenvalue weighted by Crippen LogP contribution is -2.07. The molecule has 0 atom stereocenters. The molecule has 0 N–H and O–H groups in total. The Morgan fingerprint density at radius 2 is 1.91 bits per heavy atom. The molecule has 2 aromatic carbocycles. The van der Waals surface area contributed by atoms with Gasteiger partial charge in [-0.25, -0.2) is 0 Å². The summed E-state index contributed by atoms with van der Waals surface area (Å²) in [5.41, 5.74) is -0.301. The van der Waals surface area contributed by atoms with Crippen LogP contribution in [0.3, 0.4) is 0 Å². The second-order valence-corrected chi connectivity index (χ2v) is 5.56. The summed E-state index contributed by atoms with van der Waals surface area (Å²) in [6.07, 6.45) is -4.52. The average molecular weight is 389 g/mol. The van der Waals surface area contributed by atoms with Gasteiger partial charge in [0.15, 0.2) is 0 Å². The summed E-state index contributed by atoms with van der Waals surface area (Å²) in [6.45, 7) is 0. The fourth-order valence-corrected chi connectivity index (χ4v) is 2.26. The van der Waals surface area contributed by atoms with Crippen LogP contribution in [0.1, 0.15) is 11.1 Å². The number of hydrogen-bond donors (Lipinski definition) is 0. The highest BCUT2D eigenvalue weighted by Crippen LogP contribution is 2.39. The maximum Gasteiger partial charge on any atom is 0.420 e. The van der Waals surface area contributed by atoms with Crippen LogP contribution in [-0.2, 0) is 22.1 Å². The van der Waals surface area contributed by atoms with E-state index in [2.05, 4.69) is 20.7 Å². The Labute approximate surface area is 139 Å². The molecule has 0 aliphatic heterocycles. The number of benzene rings is 2. The number of carbonyl (C=O) groups excluding carboxylic acids is 1. The minimum atomic E-state index is -4.54. The van der Waals surface area contributed by atoms with Gasteiger partial charge in [-0.1, -0.05) is 28.1 Å². The van der Waals surface area contributed by atoms with Gasteiger partial charge in [0, 0.05) is 4.47 Å². The second-order valence-electron chi connectivity index (χ2n) is 4.64. The van der Waals surface area contributed by atoms with Gasteiger partial charge in [-0.15, -0.1) is 0 Å². The highest BCUT2D eigenvalue weighted by Gasteiger charge is 2.34. The van der Waals surface area contributed by atoms with Gasteiger partial charge in [0.1, 0.15) is 11.5 Å². The number of alkyl halides is 3. The molecule has 0 fully saturated rings. The Morgan fingerprint density at radius 1 is 1.17 bits per heavy atom. The van der Waals surface area contributed by atoms with E-state index in [1.54, 1.807) is 12.1 Å². The van der Waals surface area contributed by atoms with Crippen LogP contribution in [0.15, 0.2) is 46.9 Å². The lowest BCUT2D eigenvalue weighted by atomic mass is 10.1. The Morgan fingerprint density at radius 3 is 2.57 bits per heavy atom. The molecule has 3 nitrogen and oxygen atoms in total. The average Bonchev–Trinajstić information content (AvgIpc) is 2.48. The molecule has 0 saturated carbocycles. The first-order valence-electron chi connectivity index (χ1n) is 6.50. The predicted molar refractivity (Wildman–Crippen MR) is 81.4 cm³/mol. The summed E-state index contributed by atoms with van der Waals surface area (Å²) in [7, 11) is 1.26. The second kappa shape index (κ2) is 7.04. The van der Waals surface area contributed by atoms with Crippen molar-refractivity contribution in [1.82, 2.24) is 0 Å². The number of halogens is 4. The fourth-order valence-electron chi connectivity index (χ4n) is 1.90. The molecule has 0 aromatic heterocycles. The van der Waals surface area contributed by atoms with E-state index in [9.17, 15) is 18.0 Å². The molecule has 122 valence electrons. The van der Waals surface area contributed by atoms with Crippen LogP contribution in [0.25, 0.3) is 0 Å². The molecule has 0 aliphatic carbocycles. The van der Waals surface area contributed by atoms with Crippen molar-refractivity contribution in [2.24, 2.45) is 0 Å². The lowest BCUT2D eigenvalue weighted by Gasteiger charge is -2.14. The Balaban J connectivity index is 2.29. The molecular weight excluding hydrogens is 377 g/mol. The van der Waals surface area contributed by atoms with Crippen molar-refractivity contribution < 1.29 is 27.4 Å². The van der Waals surface area contributed by atoms with Crippen LogP contribution in [0, 0.1) is 0 Å². The van der Waals surface area contributed by atoms with E-state index in [1.165, 1.54) is 31.4 Å². The van der Waals surface area contributed by atoms with Crippen LogP contribution in [0.4, 0.5) is 13.2 Å². The van der Waals surface area contributed by atoms with E-state index in [4.69, 9.17) is 4.74 Å². The van der Waals surface area contributed by atoms with Gasteiger partial charge in [-0.2, -0.15) is 13.2 Å². The zero-order chi connectivity index (χ0) is 17.0. The van der Waals surface area contributed by atoms with Gasteiger partial charge in [0.05, 0.1) is 19.1 Å². The van der Waals surface area contributed by atoms with E-state index in [0.29, 0.717) is 10.0 Å². The summed E-state index contributed by atoms with van der Waals surface area (Å²) in [5.74, 6) is -0.545. The van der Waals surface area contributed by atoms with Gasteiger partial charge >= 0.3 is 12.1 Å². The maximum absolute atomic E-state index is 13.1. The van der Waals surface area contributed by atoms with Gasteiger partial charge in [0.2, 0.25) is 0 Å². The molecule has 2 rings (SSSR count). The van der Waals surface area contributed by atoms with Crippen LogP contribution in [-0.4, -0.2) is 13.1 Å². The van der Waals surface area contributed by atoms with Crippen molar-refractivity contribution in [2.75, 3.05) is 7.11 Å². The normalized spacial score (nSPS) is 11.2. The molecule has 0 spiro atoms. The van der Waals surface area contributed by atoms with Gasteiger partial charge < -0.3 is 9.47 Å². The van der Waals surface area contributed by atoms with Gasteiger partial charge in [0.25, 0.3) is 0 Å². The molecule has 0 heterocycles. The minimum absolute atomic E-state index is 0.0141. The number of esters is 1. The van der Waals surface area contributed by atoms with Crippen molar-refractivity contribution >= 4 is 21.9 Å².